The molecule has 0 aliphatic heterocycles. The lowest BCUT2D eigenvalue weighted by Crippen LogP contribution is -2.19. The van der Waals surface area contributed by atoms with Crippen LogP contribution in [0.1, 0.15) is 41.2 Å². The highest BCUT2D eigenvalue weighted by atomic mass is 16.3. The van der Waals surface area contributed by atoms with Crippen LogP contribution in [0, 0.1) is 20.8 Å². The predicted octanol–water partition coefficient (Wildman–Crippen LogP) is 3.40. The first-order valence-electron chi connectivity index (χ1n) is 8.38. The van der Waals surface area contributed by atoms with Crippen molar-refractivity contribution in [1.82, 2.24) is 15.1 Å². The van der Waals surface area contributed by atoms with Crippen LogP contribution >= 0.6 is 0 Å². The van der Waals surface area contributed by atoms with Gasteiger partial charge in [0, 0.05) is 23.2 Å². The lowest BCUT2D eigenvalue weighted by Gasteiger charge is -2.13. The van der Waals surface area contributed by atoms with Crippen LogP contribution < -0.4 is 5.32 Å². The molecule has 2 N–H and O–H groups in total. The number of nitrogens with one attached hydrogen (secondary N) is 1. The molecule has 2 aromatic heterocycles. The number of aryl methyl sites for hydroxylation is 2. The van der Waals surface area contributed by atoms with Gasteiger partial charge in [0.2, 0.25) is 0 Å². The highest BCUT2D eigenvalue weighted by Gasteiger charge is 2.18. The van der Waals surface area contributed by atoms with E-state index in [0.29, 0.717) is 6.54 Å². The van der Waals surface area contributed by atoms with Crippen LogP contribution in [-0.2, 0) is 13.1 Å². The summed E-state index contributed by atoms with van der Waals surface area (Å²) < 4.78 is 7.90. The molecule has 0 amide bonds. The fraction of sp³-hybridized carbons (Fsp3) is 0.421. The zero-order valence-electron chi connectivity index (χ0n) is 14.8. The van der Waals surface area contributed by atoms with E-state index >= 15 is 0 Å². The Bertz CT molecular complexity index is 848. The molecule has 24 heavy (non-hydrogen) atoms. The Morgan fingerprint density at radius 3 is 2.71 bits per heavy atom. The molecule has 1 atom stereocenters. The van der Waals surface area contributed by atoms with Crippen LogP contribution in [0.4, 0.5) is 0 Å². The molecule has 5 heteroatoms. The minimum atomic E-state index is 0.101. The smallest absolute Gasteiger partial charge is 0.134 e. The molecule has 0 fully saturated rings. The van der Waals surface area contributed by atoms with Crippen LogP contribution in [0.3, 0.4) is 0 Å². The maximum absolute atomic E-state index is 9.12. The van der Waals surface area contributed by atoms with Crippen LogP contribution in [0.5, 0.6) is 0 Å². The van der Waals surface area contributed by atoms with Crippen LogP contribution in [0.25, 0.3) is 11.0 Å². The van der Waals surface area contributed by atoms with E-state index in [1.54, 1.807) is 0 Å². The molecule has 5 nitrogen and oxygen atoms in total. The fourth-order valence-electron chi connectivity index (χ4n) is 3.26. The van der Waals surface area contributed by atoms with Gasteiger partial charge in [-0.1, -0.05) is 18.2 Å². The first-order chi connectivity index (χ1) is 11.5. The molecule has 0 saturated carbocycles. The average molecular weight is 327 g/mol. The second-order valence-corrected chi connectivity index (χ2v) is 6.29. The molecule has 2 heterocycles. The maximum atomic E-state index is 9.12. The van der Waals surface area contributed by atoms with Gasteiger partial charge in [-0.15, -0.1) is 0 Å². The number of aliphatic hydroxyl groups is 1. The molecule has 1 aromatic carbocycles. The summed E-state index contributed by atoms with van der Waals surface area (Å²) in [4.78, 5) is 0. The second kappa shape index (κ2) is 6.79. The van der Waals surface area contributed by atoms with Gasteiger partial charge in [0.1, 0.15) is 11.3 Å². The van der Waals surface area contributed by atoms with Crippen molar-refractivity contribution >= 4 is 11.0 Å². The third kappa shape index (κ3) is 2.97. The van der Waals surface area contributed by atoms with E-state index in [4.69, 9.17) is 9.52 Å². The summed E-state index contributed by atoms with van der Waals surface area (Å²) in [5.74, 6) is 0.981. The number of benzene rings is 1. The lowest BCUT2D eigenvalue weighted by atomic mass is 10.1. The highest BCUT2D eigenvalue weighted by molar-refractivity contribution is 5.82. The zero-order valence-corrected chi connectivity index (χ0v) is 14.8. The molecule has 0 unspecified atom stereocenters. The Morgan fingerprint density at radius 2 is 2.00 bits per heavy atom. The molecule has 0 spiro atoms. The van der Waals surface area contributed by atoms with Crippen LogP contribution in [0.2, 0.25) is 0 Å². The van der Waals surface area contributed by atoms with Gasteiger partial charge in [0.25, 0.3) is 0 Å². The number of hydrogen-bond donors (Lipinski definition) is 2. The molecule has 0 aliphatic rings. The topological polar surface area (TPSA) is 63.2 Å². The fourth-order valence-corrected chi connectivity index (χ4v) is 3.26. The Labute approximate surface area is 142 Å². The summed E-state index contributed by atoms with van der Waals surface area (Å²) in [6.45, 7) is 9.64. The minimum Gasteiger partial charge on any atom is -0.459 e. The summed E-state index contributed by atoms with van der Waals surface area (Å²) in [5, 5.41) is 18.3. The maximum Gasteiger partial charge on any atom is 0.134 e. The van der Waals surface area contributed by atoms with Gasteiger partial charge in [-0.2, -0.15) is 5.10 Å². The molecule has 3 rings (SSSR count). The molecule has 128 valence electrons. The van der Waals surface area contributed by atoms with Crippen molar-refractivity contribution < 1.29 is 9.52 Å². The van der Waals surface area contributed by atoms with E-state index in [0.717, 1.165) is 29.3 Å². The predicted molar refractivity (Wildman–Crippen MR) is 95.0 cm³/mol. The zero-order chi connectivity index (χ0) is 17.3. The van der Waals surface area contributed by atoms with E-state index in [1.807, 2.05) is 36.7 Å². The largest absolute Gasteiger partial charge is 0.459 e. The number of nitrogens with zero attached hydrogens (tertiary/aromatic N) is 2. The summed E-state index contributed by atoms with van der Waals surface area (Å²) in [6, 6.07) is 8.24. The number of fused-ring (bicyclic) bond motifs is 1. The molecule has 3 aromatic rings. The number of furan rings is 1. The van der Waals surface area contributed by atoms with Crippen molar-refractivity contribution in [1.29, 1.82) is 0 Å². The van der Waals surface area contributed by atoms with Crippen molar-refractivity contribution in [3.63, 3.8) is 0 Å². The third-order valence-corrected chi connectivity index (χ3v) is 4.70. The summed E-state index contributed by atoms with van der Waals surface area (Å²) >= 11 is 0. The van der Waals surface area contributed by atoms with E-state index in [-0.39, 0.29) is 12.6 Å². The van der Waals surface area contributed by atoms with Gasteiger partial charge < -0.3 is 14.8 Å². The van der Waals surface area contributed by atoms with E-state index in [2.05, 4.69) is 30.3 Å². The van der Waals surface area contributed by atoms with Crippen molar-refractivity contribution in [3.05, 3.63) is 52.5 Å². The van der Waals surface area contributed by atoms with Gasteiger partial charge in [0.05, 0.1) is 24.9 Å². The molecule has 0 radical (unpaired) electrons. The summed E-state index contributed by atoms with van der Waals surface area (Å²) in [6.07, 6.45) is 0. The Kier molecular flexibility index (Phi) is 4.73. The average Bonchev–Trinajstić information content (AvgIpc) is 3.04. The Balaban J connectivity index is 1.78. The highest BCUT2D eigenvalue weighted by Crippen LogP contribution is 2.29. The molecule has 0 saturated heterocycles. The van der Waals surface area contributed by atoms with Gasteiger partial charge in [0.15, 0.2) is 0 Å². The lowest BCUT2D eigenvalue weighted by molar-refractivity contribution is 0.267. The molecular formula is C19H25N3O2. The number of aliphatic hydroxyl groups excluding tert-OH is 1. The molecule has 0 aliphatic carbocycles. The van der Waals surface area contributed by atoms with Crippen molar-refractivity contribution in [3.8, 4) is 0 Å². The SMILES string of the molecule is Cc1nn(CCO)c(C)c1CN[C@H](C)c1oc2ccccc2c1C. The van der Waals surface area contributed by atoms with Crippen LogP contribution in [-0.4, -0.2) is 21.5 Å². The number of hydrogen-bond acceptors (Lipinski definition) is 4. The number of rotatable bonds is 6. The van der Waals surface area contributed by atoms with E-state index < -0.39 is 0 Å². The van der Waals surface area contributed by atoms with Crippen LogP contribution in [0.15, 0.2) is 28.7 Å². The summed E-state index contributed by atoms with van der Waals surface area (Å²) in [5.41, 5.74) is 5.41. The van der Waals surface area contributed by atoms with Gasteiger partial charge in [-0.05, 0) is 39.3 Å². The summed E-state index contributed by atoms with van der Waals surface area (Å²) in [7, 11) is 0. The quantitative estimate of drug-likeness (QED) is 0.728. The standard InChI is InChI=1S/C19H25N3O2/c1-12-16-7-5-6-8-18(16)24-19(12)14(3)20-11-17-13(2)21-22(9-10-23)15(17)4/h5-8,14,20,23H,9-11H2,1-4H3/t14-/m1/s1. The Hall–Kier alpha value is -2.11. The third-order valence-electron chi connectivity index (χ3n) is 4.70. The minimum absolute atomic E-state index is 0.101. The second-order valence-electron chi connectivity index (χ2n) is 6.29. The van der Waals surface area contributed by atoms with Gasteiger partial charge >= 0.3 is 0 Å². The van der Waals surface area contributed by atoms with Crippen molar-refractivity contribution in [2.24, 2.45) is 0 Å². The number of para-hydroxylation sites is 1. The number of aromatic nitrogens is 2. The van der Waals surface area contributed by atoms with Gasteiger partial charge in [-0.3, -0.25) is 4.68 Å². The molecular weight excluding hydrogens is 302 g/mol. The Morgan fingerprint density at radius 1 is 1.25 bits per heavy atom. The normalized spacial score (nSPS) is 12.9. The molecule has 0 bridgehead atoms. The van der Waals surface area contributed by atoms with Crippen molar-refractivity contribution in [2.45, 2.75) is 46.8 Å². The van der Waals surface area contributed by atoms with E-state index in [9.17, 15) is 0 Å². The van der Waals surface area contributed by atoms with Crippen molar-refractivity contribution in [2.75, 3.05) is 6.61 Å². The monoisotopic (exact) mass is 327 g/mol. The first-order valence-corrected chi connectivity index (χ1v) is 8.38. The first kappa shape index (κ1) is 16.7. The van der Waals surface area contributed by atoms with E-state index in [1.165, 1.54) is 16.5 Å². The van der Waals surface area contributed by atoms with Gasteiger partial charge in [-0.25, -0.2) is 0 Å².